The molecule has 0 atom stereocenters. The molecule has 0 radical (unpaired) electrons. The van der Waals surface area contributed by atoms with Crippen LogP contribution in [0.4, 0.5) is 0 Å². The summed E-state index contributed by atoms with van der Waals surface area (Å²) in [4.78, 5) is 14.5. The fraction of sp³-hybridized carbons (Fsp3) is 0.353. The van der Waals surface area contributed by atoms with Gasteiger partial charge in [-0.1, -0.05) is 37.1 Å². The van der Waals surface area contributed by atoms with Gasteiger partial charge in [0.05, 0.1) is 5.56 Å². The molecule has 1 fully saturated rings. The van der Waals surface area contributed by atoms with Crippen LogP contribution >= 0.6 is 0 Å². The van der Waals surface area contributed by atoms with Gasteiger partial charge in [-0.05, 0) is 35.7 Å². The first kappa shape index (κ1) is 13.0. The molecular formula is C17H19NO2. The molecule has 0 unspecified atom stereocenters. The van der Waals surface area contributed by atoms with Gasteiger partial charge in [0.2, 0.25) is 0 Å². The first-order valence-electron chi connectivity index (χ1n) is 7.27. The van der Waals surface area contributed by atoms with Crippen molar-refractivity contribution in [3.05, 3.63) is 42.0 Å². The molecule has 0 spiro atoms. The van der Waals surface area contributed by atoms with Crippen LogP contribution in [0.15, 0.2) is 36.4 Å². The number of phenolic OH excluding ortho intramolecular Hbond substituents is 1. The lowest BCUT2D eigenvalue weighted by molar-refractivity contribution is 0.0759. The molecule has 3 heteroatoms. The summed E-state index contributed by atoms with van der Waals surface area (Å²) in [6, 6.07) is 11.3. The topological polar surface area (TPSA) is 40.5 Å². The normalized spacial score (nSPS) is 16.1. The summed E-state index contributed by atoms with van der Waals surface area (Å²) in [5.41, 5.74) is 0.422. The minimum absolute atomic E-state index is 0.0462. The van der Waals surface area contributed by atoms with Crippen molar-refractivity contribution in [2.75, 3.05) is 13.1 Å². The molecule has 0 aromatic heterocycles. The van der Waals surface area contributed by atoms with Crippen LogP contribution in [0.25, 0.3) is 10.8 Å². The Kier molecular flexibility index (Phi) is 3.59. The largest absolute Gasteiger partial charge is 0.507 e. The predicted octanol–water partition coefficient (Wildman–Crippen LogP) is 3.56. The maximum Gasteiger partial charge on any atom is 0.257 e. The van der Waals surface area contributed by atoms with E-state index in [4.69, 9.17) is 0 Å². The molecule has 3 nitrogen and oxygen atoms in total. The molecule has 1 heterocycles. The minimum atomic E-state index is -0.0462. The predicted molar refractivity (Wildman–Crippen MR) is 80.0 cm³/mol. The van der Waals surface area contributed by atoms with E-state index in [0.29, 0.717) is 5.56 Å². The molecule has 20 heavy (non-hydrogen) atoms. The highest BCUT2D eigenvalue weighted by Gasteiger charge is 2.20. The Morgan fingerprint density at radius 3 is 2.20 bits per heavy atom. The van der Waals surface area contributed by atoms with Crippen molar-refractivity contribution < 1.29 is 9.90 Å². The number of aromatic hydroxyl groups is 1. The van der Waals surface area contributed by atoms with E-state index in [9.17, 15) is 9.90 Å². The Balaban J connectivity index is 1.95. The van der Waals surface area contributed by atoms with Gasteiger partial charge in [0.1, 0.15) is 5.75 Å². The molecule has 1 aliphatic rings. The number of carbonyl (C=O) groups is 1. The zero-order chi connectivity index (χ0) is 13.9. The average Bonchev–Trinajstić information content (AvgIpc) is 2.75. The van der Waals surface area contributed by atoms with Crippen molar-refractivity contribution in [2.24, 2.45) is 0 Å². The smallest absolute Gasteiger partial charge is 0.257 e. The molecule has 1 saturated heterocycles. The second kappa shape index (κ2) is 5.53. The Morgan fingerprint density at radius 2 is 1.55 bits per heavy atom. The Morgan fingerprint density at radius 1 is 0.950 bits per heavy atom. The van der Waals surface area contributed by atoms with E-state index >= 15 is 0 Å². The SMILES string of the molecule is O=C(c1cc2ccccc2cc1O)N1CCCCCC1. The minimum Gasteiger partial charge on any atom is -0.507 e. The van der Waals surface area contributed by atoms with Crippen molar-refractivity contribution in [3.63, 3.8) is 0 Å². The summed E-state index contributed by atoms with van der Waals surface area (Å²) in [6.07, 6.45) is 4.49. The lowest BCUT2D eigenvalue weighted by Crippen LogP contribution is -2.31. The lowest BCUT2D eigenvalue weighted by atomic mass is 10.0. The van der Waals surface area contributed by atoms with Crippen LogP contribution in [0.5, 0.6) is 5.75 Å². The summed E-state index contributed by atoms with van der Waals surface area (Å²) in [6.45, 7) is 1.59. The molecule has 1 amide bonds. The molecule has 104 valence electrons. The lowest BCUT2D eigenvalue weighted by Gasteiger charge is -2.21. The number of fused-ring (bicyclic) bond motifs is 1. The Hall–Kier alpha value is -2.03. The summed E-state index contributed by atoms with van der Waals surface area (Å²) in [5.74, 6) is 0.0353. The number of nitrogens with zero attached hydrogens (tertiary/aromatic N) is 1. The summed E-state index contributed by atoms with van der Waals surface area (Å²) in [5, 5.41) is 12.1. The maximum absolute atomic E-state index is 12.6. The number of rotatable bonds is 1. The fourth-order valence-corrected chi connectivity index (χ4v) is 2.84. The van der Waals surface area contributed by atoms with Crippen LogP contribution in [0, 0.1) is 0 Å². The van der Waals surface area contributed by atoms with E-state index < -0.39 is 0 Å². The number of benzene rings is 2. The quantitative estimate of drug-likeness (QED) is 0.860. The molecule has 2 aromatic carbocycles. The number of phenols is 1. The van der Waals surface area contributed by atoms with E-state index in [-0.39, 0.29) is 11.7 Å². The van der Waals surface area contributed by atoms with Gasteiger partial charge in [-0.25, -0.2) is 0 Å². The van der Waals surface area contributed by atoms with E-state index in [0.717, 1.165) is 36.7 Å². The van der Waals surface area contributed by atoms with Crippen LogP contribution in [0.3, 0.4) is 0 Å². The standard InChI is InChI=1S/C17H19NO2/c19-16-12-14-8-4-3-7-13(14)11-15(16)17(20)18-9-5-1-2-6-10-18/h3-4,7-8,11-12,19H,1-2,5-6,9-10H2. The number of likely N-dealkylation sites (tertiary alicyclic amines) is 1. The molecule has 1 aliphatic heterocycles. The van der Waals surface area contributed by atoms with Gasteiger partial charge < -0.3 is 10.0 Å². The van der Waals surface area contributed by atoms with Crippen LogP contribution in [0.1, 0.15) is 36.0 Å². The Bertz CT molecular complexity index is 628. The van der Waals surface area contributed by atoms with Gasteiger partial charge >= 0.3 is 0 Å². The monoisotopic (exact) mass is 269 g/mol. The molecule has 2 aromatic rings. The van der Waals surface area contributed by atoms with Crippen LogP contribution in [-0.2, 0) is 0 Å². The average molecular weight is 269 g/mol. The van der Waals surface area contributed by atoms with E-state index in [1.807, 2.05) is 29.2 Å². The number of hydrogen-bond donors (Lipinski definition) is 1. The van der Waals surface area contributed by atoms with E-state index in [1.165, 1.54) is 12.8 Å². The fourth-order valence-electron chi connectivity index (χ4n) is 2.84. The van der Waals surface area contributed by atoms with Gasteiger partial charge in [-0.2, -0.15) is 0 Å². The highest BCUT2D eigenvalue weighted by Crippen LogP contribution is 2.26. The maximum atomic E-state index is 12.6. The van der Waals surface area contributed by atoms with Crippen molar-refractivity contribution in [1.82, 2.24) is 4.90 Å². The van der Waals surface area contributed by atoms with Gasteiger partial charge in [0, 0.05) is 13.1 Å². The zero-order valence-corrected chi connectivity index (χ0v) is 11.5. The number of carbonyl (C=O) groups excluding carboxylic acids is 1. The van der Waals surface area contributed by atoms with E-state index in [1.54, 1.807) is 12.1 Å². The second-order valence-electron chi connectivity index (χ2n) is 5.42. The van der Waals surface area contributed by atoms with Crippen molar-refractivity contribution >= 4 is 16.7 Å². The molecule has 3 rings (SSSR count). The first-order chi connectivity index (χ1) is 9.75. The van der Waals surface area contributed by atoms with Gasteiger partial charge in [0.15, 0.2) is 0 Å². The number of hydrogen-bond acceptors (Lipinski definition) is 2. The third-order valence-electron chi connectivity index (χ3n) is 3.99. The first-order valence-corrected chi connectivity index (χ1v) is 7.27. The summed E-state index contributed by atoms with van der Waals surface area (Å²) < 4.78 is 0. The van der Waals surface area contributed by atoms with Crippen LogP contribution in [0.2, 0.25) is 0 Å². The van der Waals surface area contributed by atoms with Crippen molar-refractivity contribution in [3.8, 4) is 5.75 Å². The summed E-state index contributed by atoms with van der Waals surface area (Å²) >= 11 is 0. The third-order valence-corrected chi connectivity index (χ3v) is 3.99. The van der Waals surface area contributed by atoms with Crippen LogP contribution in [-0.4, -0.2) is 29.0 Å². The molecule has 0 saturated carbocycles. The number of amides is 1. The second-order valence-corrected chi connectivity index (χ2v) is 5.42. The highest BCUT2D eigenvalue weighted by molar-refractivity contribution is 6.01. The zero-order valence-electron chi connectivity index (χ0n) is 11.5. The van der Waals surface area contributed by atoms with Gasteiger partial charge in [0.25, 0.3) is 5.91 Å². The third kappa shape index (κ3) is 2.48. The van der Waals surface area contributed by atoms with Crippen LogP contribution < -0.4 is 0 Å². The highest BCUT2D eigenvalue weighted by atomic mass is 16.3. The Labute approximate surface area is 118 Å². The molecular weight excluding hydrogens is 250 g/mol. The molecule has 0 bridgehead atoms. The summed E-state index contributed by atoms with van der Waals surface area (Å²) in [7, 11) is 0. The molecule has 0 aliphatic carbocycles. The molecule has 1 N–H and O–H groups in total. The van der Waals surface area contributed by atoms with Crippen molar-refractivity contribution in [2.45, 2.75) is 25.7 Å². The van der Waals surface area contributed by atoms with Crippen molar-refractivity contribution in [1.29, 1.82) is 0 Å². The van der Waals surface area contributed by atoms with Gasteiger partial charge in [-0.15, -0.1) is 0 Å². The van der Waals surface area contributed by atoms with E-state index in [2.05, 4.69) is 0 Å². The van der Waals surface area contributed by atoms with Gasteiger partial charge in [-0.3, -0.25) is 4.79 Å².